The molecular weight excluding hydrogens is 415 g/mol. The Morgan fingerprint density at radius 1 is 1.28 bits per heavy atom. The maximum absolute atomic E-state index is 13.6. The van der Waals surface area contributed by atoms with Gasteiger partial charge in [0.2, 0.25) is 5.91 Å². The second-order valence-corrected chi connectivity index (χ2v) is 7.68. The lowest BCUT2D eigenvalue weighted by Gasteiger charge is -2.08. The molecule has 0 saturated heterocycles. The fourth-order valence-electron chi connectivity index (χ4n) is 2.43. The molecule has 29 heavy (non-hydrogen) atoms. The molecule has 6 nitrogen and oxygen atoms in total. The first-order valence-corrected chi connectivity index (χ1v) is 10.2. The zero-order valence-corrected chi connectivity index (χ0v) is 17.6. The summed E-state index contributed by atoms with van der Waals surface area (Å²) >= 11 is 7.34. The van der Waals surface area contributed by atoms with Crippen molar-refractivity contribution in [2.75, 3.05) is 5.75 Å². The molecule has 3 aromatic rings. The fraction of sp³-hybridized carbons (Fsp3) is 0.250. The lowest BCUT2D eigenvalue weighted by Crippen LogP contribution is -2.24. The molecule has 0 bridgehead atoms. The normalized spacial score (nSPS) is 10.8. The Balaban J connectivity index is 1.48. The van der Waals surface area contributed by atoms with E-state index in [1.165, 1.54) is 17.8 Å². The van der Waals surface area contributed by atoms with E-state index in [1.807, 2.05) is 12.1 Å². The van der Waals surface area contributed by atoms with E-state index in [0.717, 1.165) is 0 Å². The van der Waals surface area contributed by atoms with Crippen LogP contribution in [0.2, 0.25) is 5.02 Å². The van der Waals surface area contributed by atoms with Crippen LogP contribution in [-0.4, -0.2) is 26.4 Å². The number of para-hydroxylation sites is 1. The molecule has 0 unspecified atom stereocenters. The van der Waals surface area contributed by atoms with Crippen LogP contribution in [0.15, 0.2) is 47.6 Å². The quantitative estimate of drug-likeness (QED) is 0.544. The predicted octanol–water partition coefficient (Wildman–Crippen LogP) is 3.90. The average Bonchev–Trinajstić information content (AvgIpc) is 3.06. The number of carbonyl (C=O) groups excluding carboxylic acids is 1. The highest BCUT2D eigenvalue weighted by Gasteiger charge is 2.13. The average molecular weight is 435 g/mol. The molecule has 1 N–H and O–H groups in total. The van der Waals surface area contributed by atoms with Gasteiger partial charge in [0.25, 0.3) is 0 Å². The van der Waals surface area contributed by atoms with Crippen molar-refractivity contribution in [2.24, 2.45) is 7.05 Å². The lowest BCUT2D eigenvalue weighted by molar-refractivity contribution is -0.118. The zero-order valence-electron chi connectivity index (χ0n) is 16.0. The number of benzene rings is 2. The summed E-state index contributed by atoms with van der Waals surface area (Å²) in [5.41, 5.74) is 1.29. The Hall–Kier alpha value is -2.58. The van der Waals surface area contributed by atoms with Gasteiger partial charge in [0.1, 0.15) is 18.2 Å². The summed E-state index contributed by atoms with van der Waals surface area (Å²) in [6.45, 7) is 2.17. The predicted molar refractivity (Wildman–Crippen MR) is 110 cm³/mol. The fourth-order valence-corrected chi connectivity index (χ4v) is 3.38. The number of aryl methyl sites for hydroxylation is 1. The molecule has 1 aromatic heterocycles. The van der Waals surface area contributed by atoms with Gasteiger partial charge in [0, 0.05) is 13.6 Å². The Bertz CT molecular complexity index is 1010. The number of nitrogens with one attached hydrogen (secondary N) is 1. The number of aromatic nitrogens is 3. The van der Waals surface area contributed by atoms with Crippen molar-refractivity contribution in [3.8, 4) is 5.75 Å². The van der Waals surface area contributed by atoms with E-state index >= 15 is 0 Å². The highest BCUT2D eigenvalue weighted by molar-refractivity contribution is 7.99. The highest BCUT2D eigenvalue weighted by atomic mass is 35.5. The summed E-state index contributed by atoms with van der Waals surface area (Å²) in [6.07, 6.45) is 0. The SMILES string of the molecule is Cc1ccc(CNC(=O)CSc2nnc(COc3ccccc3Cl)n2C)cc1F. The number of amides is 1. The molecule has 2 aromatic carbocycles. The first-order valence-electron chi connectivity index (χ1n) is 8.84. The van der Waals surface area contributed by atoms with Crippen LogP contribution in [0.5, 0.6) is 5.75 Å². The molecule has 0 aliphatic heterocycles. The van der Waals surface area contributed by atoms with Gasteiger partial charge in [-0.05, 0) is 36.2 Å². The first-order chi connectivity index (χ1) is 13.9. The number of carbonyl (C=O) groups is 1. The van der Waals surface area contributed by atoms with Crippen LogP contribution in [0, 0.1) is 12.7 Å². The topological polar surface area (TPSA) is 69.0 Å². The first kappa shape index (κ1) is 21.1. The van der Waals surface area contributed by atoms with Gasteiger partial charge >= 0.3 is 0 Å². The third kappa shape index (κ3) is 5.71. The van der Waals surface area contributed by atoms with Crippen LogP contribution in [0.1, 0.15) is 17.0 Å². The third-order valence-corrected chi connectivity index (χ3v) is 5.51. The molecule has 0 aliphatic carbocycles. The standard InChI is InChI=1S/C20H20ClFN4O2S/c1-13-7-8-14(9-16(13)22)10-23-19(27)12-29-20-25-24-18(26(20)2)11-28-17-6-4-3-5-15(17)21/h3-9H,10-12H2,1-2H3,(H,23,27). The summed E-state index contributed by atoms with van der Waals surface area (Å²) in [4.78, 5) is 12.1. The molecule has 1 amide bonds. The number of thioether (sulfide) groups is 1. The van der Waals surface area contributed by atoms with Crippen LogP contribution in [-0.2, 0) is 25.0 Å². The van der Waals surface area contributed by atoms with Gasteiger partial charge in [-0.25, -0.2) is 4.39 Å². The van der Waals surface area contributed by atoms with E-state index in [-0.39, 0.29) is 30.6 Å². The molecule has 0 spiro atoms. The second-order valence-electron chi connectivity index (χ2n) is 6.33. The number of hydrogen-bond acceptors (Lipinski definition) is 5. The summed E-state index contributed by atoms with van der Waals surface area (Å²) in [6, 6.07) is 12.1. The molecule has 9 heteroatoms. The minimum atomic E-state index is -0.281. The van der Waals surface area contributed by atoms with Gasteiger partial charge in [-0.1, -0.05) is 47.6 Å². The minimum Gasteiger partial charge on any atom is -0.484 e. The van der Waals surface area contributed by atoms with Crippen molar-refractivity contribution in [1.82, 2.24) is 20.1 Å². The van der Waals surface area contributed by atoms with Gasteiger partial charge in [0.15, 0.2) is 11.0 Å². The van der Waals surface area contributed by atoms with Gasteiger partial charge in [-0.15, -0.1) is 10.2 Å². The number of ether oxygens (including phenoxy) is 1. The number of nitrogens with zero attached hydrogens (tertiary/aromatic N) is 3. The van der Waals surface area contributed by atoms with Crippen LogP contribution < -0.4 is 10.1 Å². The number of halogens is 2. The van der Waals surface area contributed by atoms with E-state index in [2.05, 4.69) is 15.5 Å². The van der Waals surface area contributed by atoms with Crippen LogP contribution in [0.4, 0.5) is 4.39 Å². The summed E-state index contributed by atoms with van der Waals surface area (Å²) in [7, 11) is 1.81. The van der Waals surface area contributed by atoms with Crippen molar-refractivity contribution in [3.05, 3.63) is 70.3 Å². The van der Waals surface area contributed by atoms with Crippen molar-refractivity contribution >= 4 is 29.3 Å². The molecule has 0 saturated carbocycles. The van der Waals surface area contributed by atoms with E-state index in [0.29, 0.717) is 32.9 Å². The maximum Gasteiger partial charge on any atom is 0.230 e. The van der Waals surface area contributed by atoms with Crippen LogP contribution in [0.3, 0.4) is 0 Å². The van der Waals surface area contributed by atoms with Gasteiger partial charge in [0.05, 0.1) is 10.8 Å². The molecule has 0 radical (unpaired) electrons. The Labute approximate surface area is 177 Å². The molecule has 0 atom stereocenters. The molecule has 3 rings (SSSR count). The highest BCUT2D eigenvalue weighted by Crippen LogP contribution is 2.24. The van der Waals surface area contributed by atoms with Crippen molar-refractivity contribution in [1.29, 1.82) is 0 Å². The molecule has 0 aliphatic rings. The number of rotatable bonds is 8. The maximum atomic E-state index is 13.6. The van der Waals surface area contributed by atoms with Gasteiger partial charge < -0.3 is 14.6 Å². The summed E-state index contributed by atoms with van der Waals surface area (Å²) in [5, 5.41) is 12.1. The Kier molecular flexibility index (Phi) is 7.11. The van der Waals surface area contributed by atoms with Crippen LogP contribution in [0.25, 0.3) is 0 Å². The van der Waals surface area contributed by atoms with E-state index < -0.39 is 0 Å². The monoisotopic (exact) mass is 434 g/mol. The Morgan fingerprint density at radius 3 is 2.83 bits per heavy atom. The zero-order chi connectivity index (χ0) is 20.8. The van der Waals surface area contributed by atoms with Crippen molar-refractivity contribution in [2.45, 2.75) is 25.2 Å². The molecule has 152 valence electrons. The van der Waals surface area contributed by atoms with Crippen LogP contribution >= 0.6 is 23.4 Å². The van der Waals surface area contributed by atoms with Gasteiger partial charge in [-0.2, -0.15) is 0 Å². The smallest absolute Gasteiger partial charge is 0.230 e. The van der Waals surface area contributed by atoms with E-state index in [9.17, 15) is 9.18 Å². The summed E-state index contributed by atoms with van der Waals surface area (Å²) in [5.74, 6) is 0.900. The third-order valence-electron chi connectivity index (χ3n) is 4.18. The Morgan fingerprint density at radius 2 is 2.07 bits per heavy atom. The van der Waals surface area contributed by atoms with E-state index in [1.54, 1.807) is 42.8 Å². The second kappa shape index (κ2) is 9.76. The van der Waals surface area contributed by atoms with E-state index in [4.69, 9.17) is 16.3 Å². The lowest BCUT2D eigenvalue weighted by atomic mass is 10.1. The van der Waals surface area contributed by atoms with Crippen molar-refractivity contribution in [3.63, 3.8) is 0 Å². The number of hydrogen-bond donors (Lipinski definition) is 1. The largest absolute Gasteiger partial charge is 0.484 e. The summed E-state index contributed by atoms with van der Waals surface area (Å²) < 4.78 is 21.0. The minimum absolute atomic E-state index is 0.172. The van der Waals surface area contributed by atoms with Crippen molar-refractivity contribution < 1.29 is 13.9 Å². The van der Waals surface area contributed by atoms with Gasteiger partial charge in [-0.3, -0.25) is 4.79 Å². The molecule has 1 heterocycles. The molecule has 0 fully saturated rings. The molecular formula is C20H20ClFN4O2S.